The van der Waals surface area contributed by atoms with E-state index in [0.717, 1.165) is 6.29 Å². The van der Waals surface area contributed by atoms with Crippen LogP contribution in [-0.4, -0.2) is 18.7 Å². The van der Waals surface area contributed by atoms with Crippen LogP contribution in [0.5, 0.6) is 5.75 Å². The highest BCUT2D eigenvalue weighted by Crippen LogP contribution is 2.10. The summed E-state index contributed by atoms with van der Waals surface area (Å²) in [5, 5.41) is 0. The van der Waals surface area contributed by atoms with Crippen molar-refractivity contribution >= 4 is 12.1 Å². The zero-order chi connectivity index (χ0) is 9.68. The van der Waals surface area contributed by atoms with Gasteiger partial charge in [-0.15, -0.1) is 0 Å². The minimum absolute atomic E-state index is 0.0283. The zero-order valence-corrected chi connectivity index (χ0v) is 7.32. The Kier molecular flexibility index (Phi) is 3.20. The molecule has 0 fully saturated rings. The van der Waals surface area contributed by atoms with Gasteiger partial charge in [-0.05, 0) is 31.2 Å². The molecule has 13 heavy (non-hydrogen) atoms. The third-order valence-corrected chi connectivity index (χ3v) is 1.46. The molecule has 0 spiro atoms. The average Bonchev–Trinajstić information content (AvgIpc) is 2.15. The maximum absolute atomic E-state index is 10.6. The molecule has 0 aliphatic heterocycles. The largest absolute Gasteiger partial charge is 0.486 e. The lowest BCUT2D eigenvalue weighted by molar-refractivity contribution is -0.118. The van der Waals surface area contributed by atoms with E-state index < -0.39 is 0 Å². The van der Waals surface area contributed by atoms with Crippen LogP contribution in [0.25, 0.3) is 0 Å². The van der Waals surface area contributed by atoms with Crippen LogP contribution in [0.2, 0.25) is 0 Å². The molecule has 0 atom stereocenters. The maximum Gasteiger partial charge on any atom is 0.167 e. The van der Waals surface area contributed by atoms with Gasteiger partial charge in [0.25, 0.3) is 0 Å². The summed E-state index contributed by atoms with van der Waals surface area (Å²) in [7, 11) is 0. The van der Waals surface area contributed by atoms with Gasteiger partial charge in [0, 0.05) is 5.56 Å². The third-order valence-electron chi connectivity index (χ3n) is 1.46. The summed E-state index contributed by atoms with van der Waals surface area (Å²) in [6.45, 7) is 1.53. The second-order valence-corrected chi connectivity index (χ2v) is 2.68. The lowest BCUT2D eigenvalue weighted by Crippen LogP contribution is -2.06. The first-order valence-corrected chi connectivity index (χ1v) is 3.90. The molecule has 0 aliphatic rings. The van der Waals surface area contributed by atoms with Crippen molar-refractivity contribution in [3.63, 3.8) is 0 Å². The van der Waals surface area contributed by atoms with Crippen molar-refractivity contribution in [1.82, 2.24) is 0 Å². The van der Waals surface area contributed by atoms with Crippen LogP contribution in [0.1, 0.15) is 17.3 Å². The molecule has 1 aromatic carbocycles. The van der Waals surface area contributed by atoms with Crippen molar-refractivity contribution in [3.05, 3.63) is 29.8 Å². The van der Waals surface area contributed by atoms with Crippen LogP contribution in [-0.2, 0) is 4.79 Å². The molecule has 0 N–H and O–H groups in total. The molecular weight excluding hydrogens is 168 g/mol. The Morgan fingerprint density at radius 2 is 2.00 bits per heavy atom. The van der Waals surface area contributed by atoms with Crippen molar-refractivity contribution in [3.8, 4) is 5.75 Å². The van der Waals surface area contributed by atoms with Crippen molar-refractivity contribution < 1.29 is 14.3 Å². The van der Waals surface area contributed by atoms with E-state index >= 15 is 0 Å². The quantitative estimate of drug-likeness (QED) is 0.655. The van der Waals surface area contributed by atoms with Gasteiger partial charge in [-0.25, -0.2) is 0 Å². The van der Waals surface area contributed by atoms with Gasteiger partial charge in [0.05, 0.1) is 0 Å². The van der Waals surface area contributed by atoms with Crippen LogP contribution < -0.4 is 4.74 Å². The predicted molar refractivity (Wildman–Crippen MR) is 48.0 cm³/mol. The first-order chi connectivity index (χ1) is 6.22. The van der Waals surface area contributed by atoms with Gasteiger partial charge in [0.15, 0.2) is 5.78 Å². The van der Waals surface area contributed by atoms with Crippen LogP contribution in [0, 0.1) is 0 Å². The fourth-order valence-corrected chi connectivity index (χ4v) is 0.828. The second kappa shape index (κ2) is 4.40. The molecule has 0 bridgehead atoms. The summed E-state index contributed by atoms with van der Waals surface area (Å²) >= 11 is 0. The number of hydrogen-bond acceptors (Lipinski definition) is 3. The monoisotopic (exact) mass is 178 g/mol. The molecule has 0 aromatic heterocycles. The molecule has 68 valence electrons. The molecule has 0 saturated carbocycles. The normalized spacial score (nSPS) is 9.31. The third kappa shape index (κ3) is 3.07. The van der Waals surface area contributed by atoms with E-state index in [9.17, 15) is 9.59 Å². The van der Waals surface area contributed by atoms with E-state index in [4.69, 9.17) is 4.74 Å². The van der Waals surface area contributed by atoms with Crippen molar-refractivity contribution in [2.24, 2.45) is 0 Å². The summed E-state index contributed by atoms with van der Waals surface area (Å²) in [5.74, 6) is 0.570. The predicted octanol–water partition coefficient (Wildman–Crippen LogP) is 1.47. The van der Waals surface area contributed by atoms with Gasteiger partial charge in [-0.1, -0.05) is 0 Å². The van der Waals surface area contributed by atoms with E-state index in [1.165, 1.54) is 6.92 Å². The Hall–Kier alpha value is -1.64. The molecule has 0 aliphatic carbocycles. The number of carbonyl (C=O) groups excluding carboxylic acids is 2. The van der Waals surface area contributed by atoms with Crippen molar-refractivity contribution in [1.29, 1.82) is 0 Å². The molecule has 0 amide bonds. The van der Waals surface area contributed by atoms with Gasteiger partial charge in [-0.3, -0.25) is 9.59 Å². The van der Waals surface area contributed by atoms with Crippen molar-refractivity contribution in [2.75, 3.05) is 6.61 Å². The van der Waals surface area contributed by atoms with Crippen LogP contribution in [0.15, 0.2) is 24.3 Å². The fraction of sp³-hybridized carbons (Fsp3) is 0.200. The molecule has 0 radical (unpaired) electrons. The van der Waals surface area contributed by atoms with Gasteiger partial charge in [0.1, 0.15) is 18.6 Å². The number of rotatable bonds is 4. The minimum atomic E-state index is -0.0283. The zero-order valence-electron chi connectivity index (χ0n) is 7.32. The van der Waals surface area contributed by atoms with E-state index in [0.29, 0.717) is 11.3 Å². The molecule has 3 nitrogen and oxygen atoms in total. The van der Waals surface area contributed by atoms with Crippen LogP contribution in [0.4, 0.5) is 0 Å². The second-order valence-electron chi connectivity index (χ2n) is 2.68. The molecular formula is C10H10O3. The Bertz CT molecular complexity index is 300. The van der Waals surface area contributed by atoms with Gasteiger partial charge in [-0.2, -0.15) is 0 Å². The van der Waals surface area contributed by atoms with E-state index in [1.807, 2.05) is 0 Å². The van der Waals surface area contributed by atoms with Crippen LogP contribution >= 0.6 is 0 Å². The molecule has 1 rings (SSSR count). The Labute approximate surface area is 76.3 Å². The lowest BCUT2D eigenvalue weighted by atomic mass is 10.2. The number of hydrogen-bond donors (Lipinski definition) is 0. The Morgan fingerprint density at radius 1 is 1.38 bits per heavy atom. The highest BCUT2D eigenvalue weighted by atomic mass is 16.5. The number of ether oxygens (including phenoxy) is 1. The maximum atomic E-state index is 10.6. The topological polar surface area (TPSA) is 43.4 Å². The van der Waals surface area contributed by atoms with E-state index in [2.05, 4.69) is 0 Å². The Balaban J connectivity index is 2.59. The van der Waals surface area contributed by atoms with E-state index in [1.54, 1.807) is 24.3 Å². The number of benzene rings is 1. The average molecular weight is 178 g/mol. The van der Waals surface area contributed by atoms with Gasteiger partial charge >= 0.3 is 0 Å². The lowest BCUT2D eigenvalue weighted by Gasteiger charge is -2.02. The first-order valence-electron chi connectivity index (χ1n) is 3.90. The summed E-state index contributed by atoms with van der Waals surface area (Å²) in [4.78, 5) is 20.8. The van der Waals surface area contributed by atoms with E-state index in [-0.39, 0.29) is 12.4 Å². The summed E-state index contributed by atoms with van der Waals surface area (Å²) in [5.41, 5.74) is 0.593. The smallest absolute Gasteiger partial charge is 0.167 e. The van der Waals surface area contributed by atoms with Crippen molar-refractivity contribution in [2.45, 2.75) is 6.92 Å². The first kappa shape index (κ1) is 9.45. The minimum Gasteiger partial charge on any atom is -0.486 e. The highest BCUT2D eigenvalue weighted by molar-refractivity contribution is 5.77. The molecule has 1 aromatic rings. The number of aldehydes is 1. The Morgan fingerprint density at radius 3 is 2.46 bits per heavy atom. The van der Waals surface area contributed by atoms with Gasteiger partial charge in [0.2, 0.25) is 0 Å². The molecule has 3 heteroatoms. The number of ketones is 1. The summed E-state index contributed by atoms with van der Waals surface area (Å²) < 4.78 is 5.10. The summed E-state index contributed by atoms with van der Waals surface area (Å²) in [6, 6.07) is 6.60. The molecule has 0 heterocycles. The standard InChI is InChI=1S/C10H10O3/c1-8(12)7-13-10-4-2-9(6-11)3-5-10/h2-6H,7H2,1H3. The highest BCUT2D eigenvalue weighted by Gasteiger charge is 1.96. The SMILES string of the molecule is CC(=O)COc1ccc(C=O)cc1. The molecule has 0 saturated heterocycles. The van der Waals surface area contributed by atoms with Crippen LogP contribution in [0.3, 0.4) is 0 Å². The summed E-state index contributed by atoms with van der Waals surface area (Å²) in [6.07, 6.45) is 0.759. The fourth-order valence-electron chi connectivity index (χ4n) is 0.828. The molecule has 0 unspecified atom stereocenters. The number of Topliss-reactive ketones (excluding diaryl/α,β-unsaturated/α-hetero) is 1. The number of carbonyl (C=O) groups is 2. The van der Waals surface area contributed by atoms with Gasteiger partial charge < -0.3 is 4.74 Å².